The van der Waals surface area contributed by atoms with Gasteiger partial charge in [-0.25, -0.2) is 0 Å². The van der Waals surface area contributed by atoms with Crippen molar-refractivity contribution in [3.63, 3.8) is 0 Å². The second-order valence-electron chi connectivity index (χ2n) is 3.44. The summed E-state index contributed by atoms with van der Waals surface area (Å²) in [7, 11) is 0. The average molecular weight is 357 g/mol. The van der Waals surface area contributed by atoms with Crippen LogP contribution in [-0.2, 0) is 0 Å². The molecular formula is C12H13BrN4O2S. The number of hydrazone groups is 1. The molecule has 1 aromatic rings. The van der Waals surface area contributed by atoms with Crippen LogP contribution in [0.3, 0.4) is 0 Å². The van der Waals surface area contributed by atoms with Crippen LogP contribution < -0.4 is 20.6 Å². The summed E-state index contributed by atoms with van der Waals surface area (Å²) in [4.78, 5) is 0. The van der Waals surface area contributed by atoms with Crippen molar-refractivity contribution < 1.29 is 9.47 Å². The SMILES string of the molecule is CCOc1cc(/C=N/NC(N)=S)cc(Br)c1OCC#N. The standard InChI is InChI=1S/C12H13BrN4O2S/c1-2-18-10-6-8(7-16-17-12(15)20)5-9(13)11(10)19-4-3-14/h5-7H,2,4H2,1H3,(H3,15,17,20)/b16-7+. The van der Waals surface area contributed by atoms with Gasteiger partial charge in [0, 0.05) is 0 Å². The predicted molar refractivity (Wildman–Crippen MR) is 83.9 cm³/mol. The molecule has 3 N–H and O–H groups in total. The van der Waals surface area contributed by atoms with Crippen molar-refractivity contribution in [2.24, 2.45) is 10.8 Å². The molecule has 1 rings (SSSR count). The molecule has 0 atom stereocenters. The topological polar surface area (TPSA) is 92.7 Å². The van der Waals surface area contributed by atoms with E-state index in [2.05, 4.69) is 38.7 Å². The van der Waals surface area contributed by atoms with Crippen molar-refractivity contribution in [3.8, 4) is 17.6 Å². The fraction of sp³-hybridized carbons (Fsp3) is 0.250. The molecule has 0 aliphatic carbocycles. The van der Waals surface area contributed by atoms with E-state index in [9.17, 15) is 0 Å². The Kier molecular flexibility index (Phi) is 6.76. The molecule has 0 radical (unpaired) electrons. The molecule has 0 spiro atoms. The second kappa shape index (κ2) is 8.35. The third kappa shape index (κ3) is 5.03. The summed E-state index contributed by atoms with van der Waals surface area (Å²) >= 11 is 8.01. The number of nitrogens with two attached hydrogens (primary N) is 1. The van der Waals surface area contributed by atoms with Crippen molar-refractivity contribution in [1.82, 2.24) is 5.43 Å². The summed E-state index contributed by atoms with van der Waals surface area (Å²) < 4.78 is 11.5. The lowest BCUT2D eigenvalue weighted by atomic mass is 10.2. The van der Waals surface area contributed by atoms with Gasteiger partial charge < -0.3 is 15.2 Å². The van der Waals surface area contributed by atoms with Crippen LogP contribution in [0.2, 0.25) is 0 Å². The Morgan fingerprint density at radius 2 is 2.35 bits per heavy atom. The van der Waals surface area contributed by atoms with E-state index in [1.165, 1.54) is 0 Å². The molecule has 6 nitrogen and oxygen atoms in total. The zero-order valence-electron chi connectivity index (χ0n) is 10.7. The molecule has 1 aromatic carbocycles. The van der Waals surface area contributed by atoms with Gasteiger partial charge in [0.15, 0.2) is 23.2 Å². The average Bonchev–Trinajstić information content (AvgIpc) is 2.38. The van der Waals surface area contributed by atoms with Gasteiger partial charge in [-0.1, -0.05) is 0 Å². The van der Waals surface area contributed by atoms with Gasteiger partial charge in [-0.15, -0.1) is 0 Å². The fourth-order valence-electron chi connectivity index (χ4n) is 1.34. The summed E-state index contributed by atoms with van der Waals surface area (Å²) in [5.41, 5.74) is 8.48. The quantitative estimate of drug-likeness (QED) is 0.459. The van der Waals surface area contributed by atoms with Gasteiger partial charge >= 0.3 is 0 Å². The molecule has 0 heterocycles. The van der Waals surface area contributed by atoms with Crippen LogP contribution in [0.1, 0.15) is 12.5 Å². The highest BCUT2D eigenvalue weighted by molar-refractivity contribution is 9.10. The third-order valence-corrected chi connectivity index (χ3v) is 2.68. The van der Waals surface area contributed by atoms with Crippen molar-refractivity contribution in [2.45, 2.75) is 6.92 Å². The number of rotatable bonds is 6. The lowest BCUT2D eigenvalue weighted by Gasteiger charge is -2.12. The monoisotopic (exact) mass is 356 g/mol. The van der Waals surface area contributed by atoms with E-state index in [-0.39, 0.29) is 11.7 Å². The van der Waals surface area contributed by atoms with Crippen LogP contribution >= 0.6 is 28.1 Å². The second-order valence-corrected chi connectivity index (χ2v) is 4.74. The molecular weight excluding hydrogens is 344 g/mol. The summed E-state index contributed by atoms with van der Waals surface area (Å²) in [6.45, 7) is 2.27. The summed E-state index contributed by atoms with van der Waals surface area (Å²) in [5.74, 6) is 1.00. The number of halogens is 1. The van der Waals surface area contributed by atoms with Crippen LogP contribution in [-0.4, -0.2) is 24.5 Å². The highest BCUT2D eigenvalue weighted by atomic mass is 79.9. The number of hydrogen-bond acceptors (Lipinski definition) is 5. The van der Waals surface area contributed by atoms with E-state index < -0.39 is 0 Å². The molecule has 0 bridgehead atoms. The van der Waals surface area contributed by atoms with Crippen LogP contribution in [0, 0.1) is 11.3 Å². The molecule has 20 heavy (non-hydrogen) atoms. The molecule has 0 unspecified atom stereocenters. The van der Waals surface area contributed by atoms with Gasteiger partial charge in [-0.05, 0) is 52.8 Å². The van der Waals surface area contributed by atoms with E-state index in [0.29, 0.717) is 22.6 Å². The van der Waals surface area contributed by atoms with Crippen LogP contribution in [0.5, 0.6) is 11.5 Å². The van der Waals surface area contributed by atoms with E-state index in [1.807, 2.05) is 13.0 Å². The van der Waals surface area contributed by atoms with Crippen LogP contribution in [0.15, 0.2) is 21.7 Å². The summed E-state index contributed by atoms with van der Waals surface area (Å²) in [6, 6.07) is 5.43. The Balaban J connectivity index is 3.03. The molecule has 0 fully saturated rings. The maximum absolute atomic E-state index is 8.58. The fourth-order valence-corrected chi connectivity index (χ4v) is 1.97. The lowest BCUT2D eigenvalue weighted by Crippen LogP contribution is -2.23. The maximum Gasteiger partial charge on any atom is 0.184 e. The van der Waals surface area contributed by atoms with E-state index in [4.69, 9.17) is 20.5 Å². The number of benzene rings is 1. The van der Waals surface area contributed by atoms with Crippen molar-refractivity contribution >= 4 is 39.5 Å². The van der Waals surface area contributed by atoms with Gasteiger partial charge in [-0.3, -0.25) is 5.43 Å². The van der Waals surface area contributed by atoms with Gasteiger partial charge in [-0.2, -0.15) is 10.4 Å². The minimum Gasteiger partial charge on any atom is -0.490 e. The van der Waals surface area contributed by atoms with E-state index in [0.717, 1.165) is 5.56 Å². The van der Waals surface area contributed by atoms with Gasteiger partial charge in [0.25, 0.3) is 0 Å². The van der Waals surface area contributed by atoms with Gasteiger partial charge in [0.2, 0.25) is 0 Å². The summed E-state index contributed by atoms with van der Waals surface area (Å²) in [5, 5.41) is 12.5. The first-order valence-corrected chi connectivity index (χ1v) is 6.83. The number of nitriles is 1. The Hall–Kier alpha value is -1.85. The Morgan fingerprint density at radius 1 is 1.60 bits per heavy atom. The summed E-state index contributed by atoms with van der Waals surface area (Å²) in [6.07, 6.45) is 1.54. The smallest absolute Gasteiger partial charge is 0.184 e. The van der Waals surface area contributed by atoms with Gasteiger partial charge in [0.1, 0.15) is 6.07 Å². The zero-order chi connectivity index (χ0) is 15.0. The first-order valence-electron chi connectivity index (χ1n) is 5.63. The van der Waals surface area contributed by atoms with Crippen molar-refractivity contribution in [3.05, 3.63) is 22.2 Å². The van der Waals surface area contributed by atoms with Crippen molar-refractivity contribution in [2.75, 3.05) is 13.2 Å². The normalized spacial score (nSPS) is 10.1. The minimum atomic E-state index is -0.0604. The van der Waals surface area contributed by atoms with Crippen LogP contribution in [0.25, 0.3) is 0 Å². The first kappa shape index (κ1) is 16.2. The molecule has 0 saturated heterocycles. The Labute approximate surface area is 130 Å². The maximum atomic E-state index is 8.58. The Bertz CT molecular complexity index is 557. The molecule has 8 heteroatoms. The van der Waals surface area contributed by atoms with Crippen LogP contribution in [0.4, 0.5) is 0 Å². The number of ether oxygens (including phenoxy) is 2. The first-order chi connectivity index (χ1) is 9.58. The third-order valence-electron chi connectivity index (χ3n) is 2.00. The predicted octanol–water partition coefficient (Wildman–Crippen LogP) is 1.92. The molecule has 106 valence electrons. The minimum absolute atomic E-state index is 0.0604. The molecule has 0 saturated carbocycles. The van der Waals surface area contributed by atoms with Crippen molar-refractivity contribution in [1.29, 1.82) is 5.26 Å². The molecule has 0 amide bonds. The number of hydrogen-bond donors (Lipinski definition) is 2. The molecule has 0 aliphatic rings. The Morgan fingerprint density at radius 3 is 2.95 bits per heavy atom. The zero-order valence-corrected chi connectivity index (χ0v) is 13.1. The molecule has 0 aliphatic heterocycles. The lowest BCUT2D eigenvalue weighted by molar-refractivity contribution is 0.297. The van der Waals surface area contributed by atoms with E-state index >= 15 is 0 Å². The number of thiocarbonyl (C=S) groups is 1. The highest BCUT2D eigenvalue weighted by Gasteiger charge is 2.11. The molecule has 0 aromatic heterocycles. The highest BCUT2D eigenvalue weighted by Crippen LogP contribution is 2.36. The van der Waals surface area contributed by atoms with E-state index in [1.54, 1.807) is 18.3 Å². The largest absolute Gasteiger partial charge is 0.490 e. The number of nitrogens with one attached hydrogen (secondary N) is 1. The van der Waals surface area contributed by atoms with Gasteiger partial charge in [0.05, 0.1) is 17.3 Å². The number of nitrogens with zero attached hydrogens (tertiary/aromatic N) is 2.